The fraction of sp³-hybridized carbons (Fsp3) is 0.400. The Morgan fingerprint density at radius 3 is 2.38 bits per heavy atom. The van der Waals surface area contributed by atoms with E-state index in [9.17, 15) is 36.3 Å². The second-order valence-corrected chi connectivity index (χ2v) is 9.31. The average Bonchev–Trinajstić information content (AvgIpc) is 3.13. The number of rotatable bonds is 6. The van der Waals surface area contributed by atoms with Crippen LogP contribution in [0.2, 0.25) is 0 Å². The van der Waals surface area contributed by atoms with Crippen LogP contribution in [0.3, 0.4) is 0 Å². The van der Waals surface area contributed by atoms with E-state index in [4.69, 9.17) is 5.73 Å². The summed E-state index contributed by atoms with van der Waals surface area (Å²) in [4.78, 5) is 42.2. The standard InChI is InChI=1S/C25H25F5N4O3/c26-18-10-20(28)19(27)8-16(18)7-17(31)9-22(35)33-11-15-3-1-2-4-21(15)34(24(37)12-33)13-23(36)32-6-5-25(29,30)14-32/h1-4,8,10,17H,5-7,9,11-14,31H2/t17-/m1/s1. The van der Waals surface area contributed by atoms with Crippen LogP contribution in [0.4, 0.5) is 27.6 Å². The first-order valence-electron chi connectivity index (χ1n) is 11.6. The van der Waals surface area contributed by atoms with E-state index in [0.717, 1.165) is 4.90 Å². The molecule has 2 aromatic carbocycles. The molecule has 2 aliphatic rings. The van der Waals surface area contributed by atoms with Crippen LogP contribution in [0.15, 0.2) is 36.4 Å². The van der Waals surface area contributed by atoms with Gasteiger partial charge in [-0.2, -0.15) is 0 Å². The lowest BCUT2D eigenvalue weighted by molar-refractivity contribution is -0.136. The van der Waals surface area contributed by atoms with Gasteiger partial charge in [0.25, 0.3) is 5.92 Å². The highest BCUT2D eigenvalue weighted by molar-refractivity contribution is 6.02. The van der Waals surface area contributed by atoms with Crippen molar-refractivity contribution in [3.05, 3.63) is 65.0 Å². The molecule has 1 saturated heterocycles. The number of hydrogen-bond acceptors (Lipinski definition) is 4. The van der Waals surface area contributed by atoms with Gasteiger partial charge in [0.15, 0.2) is 11.6 Å². The van der Waals surface area contributed by atoms with Crippen LogP contribution < -0.4 is 10.6 Å². The van der Waals surface area contributed by atoms with Crippen LogP contribution >= 0.6 is 0 Å². The van der Waals surface area contributed by atoms with Gasteiger partial charge in [-0.05, 0) is 29.7 Å². The second-order valence-electron chi connectivity index (χ2n) is 9.31. The molecule has 0 aromatic heterocycles. The molecule has 0 aliphatic carbocycles. The largest absolute Gasteiger partial charge is 0.335 e. The Morgan fingerprint density at radius 2 is 1.68 bits per heavy atom. The Labute approximate surface area is 209 Å². The molecule has 7 nitrogen and oxygen atoms in total. The number of carbonyl (C=O) groups is 3. The topological polar surface area (TPSA) is 87.0 Å². The normalized spacial score (nSPS) is 18.0. The van der Waals surface area contributed by atoms with E-state index in [0.29, 0.717) is 23.4 Å². The number of carbonyl (C=O) groups excluding carboxylic acids is 3. The minimum absolute atomic E-state index is 0.0134. The van der Waals surface area contributed by atoms with Crippen molar-refractivity contribution in [3.8, 4) is 0 Å². The number of nitrogens with two attached hydrogens (primary N) is 1. The molecule has 2 N–H and O–H groups in total. The number of likely N-dealkylation sites (tertiary alicyclic amines) is 1. The van der Waals surface area contributed by atoms with Gasteiger partial charge in [-0.25, -0.2) is 22.0 Å². The lowest BCUT2D eigenvalue weighted by Gasteiger charge is -2.25. The molecule has 0 bridgehead atoms. The summed E-state index contributed by atoms with van der Waals surface area (Å²) < 4.78 is 67.8. The molecule has 0 spiro atoms. The van der Waals surface area contributed by atoms with E-state index in [1.54, 1.807) is 24.3 Å². The molecular weight excluding hydrogens is 499 g/mol. The van der Waals surface area contributed by atoms with Gasteiger partial charge in [0, 0.05) is 43.7 Å². The minimum atomic E-state index is -2.97. The molecule has 12 heteroatoms. The molecule has 4 rings (SSSR count). The number of halogens is 5. The van der Waals surface area contributed by atoms with E-state index < -0.39 is 73.2 Å². The van der Waals surface area contributed by atoms with Gasteiger partial charge in [0.05, 0.1) is 6.54 Å². The van der Waals surface area contributed by atoms with Crippen LogP contribution in [0, 0.1) is 17.5 Å². The van der Waals surface area contributed by atoms with Gasteiger partial charge >= 0.3 is 0 Å². The Balaban J connectivity index is 1.46. The highest BCUT2D eigenvalue weighted by atomic mass is 19.3. The number of fused-ring (bicyclic) bond motifs is 1. The predicted octanol–water partition coefficient (Wildman–Crippen LogP) is 2.61. The Kier molecular flexibility index (Phi) is 7.49. The van der Waals surface area contributed by atoms with Gasteiger partial charge in [-0.3, -0.25) is 14.4 Å². The van der Waals surface area contributed by atoms with Crippen LogP contribution in [0.1, 0.15) is 24.0 Å². The van der Waals surface area contributed by atoms with E-state index >= 15 is 0 Å². The third-order valence-electron chi connectivity index (χ3n) is 6.45. The predicted molar refractivity (Wildman–Crippen MR) is 123 cm³/mol. The van der Waals surface area contributed by atoms with Gasteiger partial charge in [0.1, 0.15) is 18.9 Å². The Hall–Kier alpha value is -3.54. The molecule has 1 atom stereocenters. The van der Waals surface area contributed by atoms with Crippen molar-refractivity contribution in [2.45, 2.75) is 37.8 Å². The summed E-state index contributed by atoms with van der Waals surface area (Å²) in [6.07, 6.45) is -0.996. The molecule has 37 heavy (non-hydrogen) atoms. The van der Waals surface area contributed by atoms with E-state index in [1.807, 2.05) is 0 Å². The quantitative estimate of drug-likeness (QED) is 0.465. The summed E-state index contributed by atoms with van der Waals surface area (Å²) in [5.74, 6) is -8.29. The SMILES string of the molecule is N[C@@H](CC(=O)N1CC(=O)N(CC(=O)N2CCC(F)(F)C2)c2ccccc2C1)Cc1cc(F)c(F)cc1F. The second kappa shape index (κ2) is 10.4. The summed E-state index contributed by atoms with van der Waals surface area (Å²) in [5.41, 5.74) is 6.74. The highest BCUT2D eigenvalue weighted by Gasteiger charge is 2.41. The molecule has 2 aliphatic heterocycles. The monoisotopic (exact) mass is 524 g/mol. The van der Waals surface area contributed by atoms with Gasteiger partial charge in [-0.15, -0.1) is 0 Å². The van der Waals surface area contributed by atoms with Gasteiger partial charge in [-0.1, -0.05) is 18.2 Å². The minimum Gasteiger partial charge on any atom is -0.335 e. The van der Waals surface area contributed by atoms with E-state index in [2.05, 4.69) is 0 Å². The maximum atomic E-state index is 14.0. The number of benzene rings is 2. The maximum absolute atomic E-state index is 14.0. The van der Waals surface area contributed by atoms with Crippen molar-refractivity contribution < 1.29 is 36.3 Å². The number of nitrogens with zero attached hydrogens (tertiary/aromatic N) is 3. The lowest BCUT2D eigenvalue weighted by atomic mass is 10.0. The molecule has 0 saturated carbocycles. The van der Waals surface area contributed by atoms with Gasteiger partial charge in [0.2, 0.25) is 17.7 Å². The highest BCUT2D eigenvalue weighted by Crippen LogP contribution is 2.29. The summed E-state index contributed by atoms with van der Waals surface area (Å²) >= 11 is 0. The van der Waals surface area contributed by atoms with Crippen LogP contribution in [-0.4, -0.2) is 65.7 Å². The zero-order valence-electron chi connectivity index (χ0n) is 19.7. The van der Waals surface area contributed by atoms with E-state index in [1.165, 1.54) is 9.80 Å². The third kappa shape index (κ3) is 6.07. The Bertz CT molecular complexity index is 1220. The van der Waals surface area contributed by atoms with Crippen molar-refractivity contribution in [2.75, 3.05) is 31.1 Å². The van der Waals surface area contributed by atoms with Crippen molar-refractivity contribution in [3.63, 3.8) is 0 Å². The van der Waals surface area contributed by atoms with Crippen molar-refractivity contribution in [1.82, 2.24) is 9.80 Å². The zero-order chi connectivity index (χ0) is 26.9. The Morgan fingerprint density at radius 1 is 0.973 bits per heavy atom. The van der Waals surface area contributed by atoms with Gasteiger partial charge < -0.3 is 20.4 Å². The third-order valence-corrected chi connectivity index (χ3v) is 6.45. The molecule has 2 aromatic rings. The number of amides is 3. The van der Waals surface area contributed by atoms with Crippen LogP contribution in [-0.2, 0) is 27.3 Å². The summed E-state index contributed by atoms with van der Waals surface area (Å²) in [7, 11) is 0. The van der Waals surface area contributed by atoms with Crippen molar-refractivity contribution >= 4 is 23.4 Å². The number of hydrogen-bond donors (Lipinski definition) is 1. The van der Waals surface area contributed by atoms with Crippen LogP contribution in [0.5, 0.6) is 0 Å². The smallest absolute Gasteiger partial charge is 0.267 e. The number of anilines is 1. The molecule has 0 unspecified atom stereocenters. The molecule has 0 radical (unpaired) electrons. The number of alkyl halides is 2. The van der Waals surface area contributed by atoms with Crippen molar-refractivity contribution in [2.24, 2.45) is 5.73 Å². The number of para-hydroxylation sites is 1. The first-order chi connectivity index (χ1) is 17.4. The first-order valence-corrected chi connectivity index (χ1v) is 11.6. The fourth-order valence-electron chi connectivity index (χ4n) is 4.51. The van der Waals surface area contributed by atoms with Crippen LogP contribution in [0.25, 0.3) is 0 Å². The molecule has 3 amide bonds. The maximum Gasteiger partial charge on any atom is 0.267 e. The lowest BCUT2D eigenvalue weighted by Crippen LogP contribution is -2.46. The zero-order valence-corrected chi connectivity index (χ0v) is 19.7. The molecule has 2 heterocycles. The molecular formula is C25H25F5N4O3. The average molecular weight is 524 g/mol. The molecule has 1 fully saturated rings. The fourth-order valence-corrected chi connectivity index (χ4v) is 4.51. The van der Waals surface area contributed by atoms with E-state index in [-0.39, 0.29) is 31.5 Å². The summed E-state index contributed by atoms with van der Waals surface area (Å²) in [6.45, 7) is -1.67. The summed E-state index contributed by atoms with van der Waals surface area (Å²) in [5, 5.41) is 0. The van der Waals surface area contributed by atoms with Crippen molar-refractivity contribution in [1.29, 1.82) is 0 Å². The summed E-state index contributed by atoms with van der Waals surface area (Å²) in [6, 6.07) is 6.76. The first kappa shape index (κ1) is 26.5. The molecule has 198 valence electrons.